The molecule has 0 N–H and O–H groups in total. The number of piperazine rings is 1. The highest BCUT2D eigenvalue weighted by Gasteiger charge is 2.21. The van der Waals surface area contributed by atoms with Gasteiger partial charge < -0.3 is 14.5 Å². The normalized spacial score (nSPS) is 14.5. The largest absolute Gasteiger partial charge is 0.491 e. The van der Waals surface area contributed by atoms with Gasteiger partial charge in [-0.3, -0.25) is 4.79 Å². The van der Waals surface area contributed by atoms with E-state index in [0.29, 0.717) is 18.8 Å². The Morgan fingerprint density at radius 1 is 1.08 bits per heavy atom. The van der Waals surface area contributed by atoms with Crippen LogP contribution in [-0.2, 0) is 4.79 Å². The van der Waals surface area contributed by atoms with E-state index in [4.69, 9.17) is 16.3 Å². The van der Waals surface area contributed by atoms with E-state index in [9.17, 15) is 9.18 Å². The van der Waals surface area contributed by atoms with Crippen LogP contribution in [0.1, 0.15) is 6.42 Å². The molecule has 0 spiro atoms. The minimum Gasteiger partial charge on any atom is -0.491 e. The second-order valence-electron chi connectivity index (χ2n) is 5.88. The van der Waals surface area contributed by atoms with Crippen molar-refractivity contribution in [3.63, 3.8) is 0 Å². The van der Waals surface area contributed by atoms with E-state index in [1.165, 1.54) is 23.9 Å². The van der Waals surface area contributed by atoms with Gasteiger partial charge in [0.05, 0.1) is 18.1 Å². The first-order valence-electron chi connectivity index (χ1n) is 8.29. The maximum Gasteiger partial charge on any atom is 0.226 e. The molecule has 6 heteroatoms. The fourth-order valence-electron chi connectivity index (χ4n) is 2.85. The van der Waals surface area contributed by atoms with Gasteiger partial charge >= 0.3 is 0 Å². The molecule has 1 amide bonds. The summed E-state index contributed by atoms with van der Waals surface area (Å²) in [5.74, 6) is 0.0421. The molecule has 0 aliphatic carbocycles. The molecule has 3 rings (SSSR count). The Labute approximate surface area is 151 Å². The molecular weight excluding hydrogens is 343 g/mol. The molecule has 0 aromatic heterocycles. The van der Waals surface area contributed by atoms with E-state index in [1.807, 2.05) is 23.1 Å². The van der Waals surface area contributed by atoms with Crippen LogP contribution >= 0.6 is 11.6 Å². The maximum atomic E-state index is 13.0. The highest BCUT2D eigenvalue weighted by Crippen LogP contribution is 2.25. The Balaban J connectivity index is 1.43. The number of nitrogens with zero attached hydrogens (tertiary/aromatic N) is 2. The molecule has 0 atom stereocenters. The van der Waals surface area contributed by atoms with E-state index >= 15 is 0 Å². The van der Waals surface area contributed by atoms with Crippen LogP contribution in [0.5, 0.6) is 5.75 Å². The fourth-order valence-corrected chi connectivity index (χ4v) is 3.07. The number of rotatable bonds is 5. The SMILES string of the molecule is O=C(CCOc1ccc(F)cc1Cl)N1CCN(c2ccccc2)CC1. The smallest absolute Gasteiger partial charge is 0.226 e. The van der Waals surface area contributed by atoms with Crippen molar-refractivity contribution in [1.29, 1.82) is 0 Å². The van der Waals surface area contributed by atoms with Crippen molar-refractivity contribution in [2.24, 2.45) is 0 Å². The van der Waals surface area contributed by atoms with Gasteiger partial charge in [0.2, 0.25) is 5.91 Å². The standard InChI is InChI=1S/C19H20ClFN2O2/c20-17-14-15(21)6-7-18(17)25-13-8-19(24)23-11-9-22(10-12-23)16-4-2-1-3-5-16/h1-7,14H,8-13H2. The first-order chi connectivity index (χ1) is 12.1. The third kappa shape index (κ3) is 4.63. The summed E-state index contributed by atoms with van der Waals surface area (Å²) in [6.45, 7) is 3.26. The van der Waals surface area contributed by atoms with E-state index < -0.39 is 5.82 Å². The Bertz CT molecular complexity index is 719. The van der Waals surface area contributed by atoms with Gasteiger partial charge in [-0.1, -0.05) is 29.8 Å². The van der Waals surface area contributed by atoms with Crippen LogP contribution in [-0.4, -0.2) is 43.6 Å². The van der Waals surface area contributed by atoms with Gasteiger partial charge in [0, 0.05) is 31.9 Å². The molecule has 1 aliphatic heterocycles. The molecule has 1 heterocycles. The fraction of sp³-hybridized carbons (Fsp3) is 0.316. The van der Waals surface area contributed by atoms with Crippen LogP contribution in [0.2, 0.25) is 5.02 Å². The third-order valence-corrected chi connectivity index (χ3v) is 4.52. The zero-order valence-corrected chi connectivity index (χ0v) is 14.6. The highest BCUT2D eigenvalue weighted by molar-refractivity contribution is 6.32. The van der Waals surface area contributed by atoms with Crippen molar-refractivity contribution in [2.45, 2.75) is 6.42 Å². The minimum atomic E-state index is -0.412. The molecule has 2 aromatic rings. The second-order valence-corrected chi connectivity index (χ2v) is 6.28. The van der Waals surface area contributed by atoms with E-state index in [-0.39, 0.29) is 24.0 Å². The third-order valence-electron chi connectivity index (χ3n) is 4.22. The van der Waals surface area contributed by atoms with Crippen LogP contribution in [0.4, 0.5) is 10.1 Å². The van der Waals surface area contributed by atoms with Gasteiger partial charge in [-0.05, 0) is 30.3 Å². The maximum absolute atomic E-state index is 13.0. The van der Waals surface area contributed by atoms with Crippen LogP contribution in [0.25, 0.3) is 0 Å². The number of halogens is 2. The predicted molar refractivity (Wildman–Crippen MR) is 96.8 cm³/mol. The molecule has 1 saturated heterocycles. The molecule has 2 aromatic carbocycles. The van der Waals surface area contributed by atoms with Crippen molar-refractivity contribution in [2.75, 3.05) is 37.7 Å². The highest BCUT2D eigenvalue weighted by atomic mass is 35.5. The first-order valence-corrected chi connectivity index (χ1v) is 8.67. The van der Waals surface area contributed by atoms with Gasteiger partial charge in [0.15, 0.2) is 0 Å². The molecule has 4 nitrogen and oxygen atoms in total. The lowest BCUT2D eigenvalue weighted by molar-refractivity contribution is -0.132. The van der Waals surface area contributed by atoms with Gasteiger partial charge in [0.25, 0.3) is 0 Å². The number of benzene rings is 2. The summed E-state index contributed by atoms with van der Waals surface area (Å²) in [7, 11) is 0. The average molecular weight is 363 g/mol. The Morgan fingerprint density at radius 3 is 2.48 bits per heavy atom. The topological polar surface area (TPSA) is 32.8 Å². The first kappa shape index (κ1) is 17.5. The predicted octanol–water partition coefficient (Wildman–Crippen LogP) is 3.60. The van der Waals surface area contributed by atoms with Gasteiger partial charge in [0.1, 0.15) is 11.6 Å². The van der Waals surface area contributed by atoms with Crippen molar-refractivity contribution in [3.8, 4) is 5.75 Å². The van der Waals surface area contributed by atoms with E-state index in [2.05, 4.69) is 17.0 Å². The van der Waals surface area contributed by atoms with E-state index in [1.54, 1.807) is 0 Å². The number of carbonyl (C=O) groups is 1. The molecule has 0 bridgehead atoms. The molecule has 0 unspecified atom stereocenters. The molecule has 0 saturated carbocycles. The van der Waals surface area contributed by atoms with Crippen LogP contribution in [0.15, 0.2) is 48.5 Å². The summed E-state index contributed by atoms with van der Waals surface area (Å²) < 4.78 is 18.5. The molecule has 1 aliphatic rings. The number of hydrogen-bond donors (Lipinski definition) is 0. The molecular formula is C19H20ClFN2O2. The van der Waals surface area contributed by atoms with Gasteiger partial charge in [-0.2, -0.15) is 0 Å². The number of para-hydroxylation sites is 1. The van der Waals surface area contributed by atoms with Crippen LogP contribution < -0.4 is 9.64 Å². The second kappa shape index (κ2) is 8.21. The molecule has 1 fully saturated rings. The molecule has 25 heavy (non-hydrogen) atoms. The number of carbonyl (C=O) groups excluding carboxylic acids is 1. The molecule has 0 radical (unpaired) electrons. The Hall–Kier alpha value is -2.27. The van der Waals surface area contributed by atoms with Crippen molar-refractivity contribution in [1.82, 2.24) is 4.90 Å². The van der Waals surface area contributed by atoms with Gasteiger partial charge in [-0.15, -0.1) is 0 Å². The quantitative estimate of drug-likeness (QED) is 0.814. The summed E-state index contributed by atoms with van der Waals surface area (Å²) in [4.78, 5) is 16.4. The van der Waals surface area contributed by atoms with E-state index in [0.717, 1.165) is 13.1 Å². The van der Waals surface area contributed by atoms with Crippen LogP contribution in [0, 0.1) is 5.82 Å². The summed E-state index contributed by atoms with van der Waals surface area (Å²) in [5, 5.41) is 0.212. The summed E-state index contributed by atoms with van der Waals surface area (Å²) in [5.41, 5.74) is 1.18. The number of ether oxygens (including phenoxy) is 1. The van der Waals surface area contributed by atoms with Crippen molar-refractivity contribution in [3.05, 3.63) is 59.4 Å². The Morgan fingerprint density at radius 2 is 1.80 bits per heavy atom. The minimum absolute atomic E-state index is 0.0611. The average Bonchev–Trinajstić information content (AvgIpc) is 2.64. The molecule has 132 valence electrons. The lowest BCUT2D eigenvalue weighted by Gasteiger charge is -2.36. The zero-order valence-electron chi connectivity index (χ0n) is 13.8. The van der Waals surface area contributed by atoms with Crippen molar-refractivity contribution < 1.29 is 13.9 Å². The summed E-state index contributed by atoms with van der Waals surface area (Å²) in [6.07, 6.45) is 0.277. The summed E-state index contributed by atoms with van der Waals surface area (Å²) >= 11 is 5.90. The lowest BCUT2D eigenvalue weighted by atomic mass is 10.2. The Kier molecular flexibility index (Phi) is 5.76. The van der Waals surface area contributed by atoms with Crippen molar-refractivity contribution >= 4 is 23.2 Å². The lowest BCUT2D eigenvalue weighted by Crippen LogP contribution is -2.49. The monoisotopic (exact) mass is 362 g/mol. The number of anilines is 1. The zero-order chi connectivity index (χ0) is 17.6. The number of hydrogen-bond acceptors (Lipinski definition) is 3. The summed E-state index contributed by atoms with van der Waals surface area (Å²) in [6, 6.07) is 14.1. The number of amides is 1. The van der Waals surface area contributed by atoms with Gasteiger partial charge in [-0.25, -0.2) is 4.39 Å². The van der Waals surface area contributed by atoms with Crippen LogP contribution in [0.3, 0.4) is 0 Å².